The third-order valence-electron chi connectivity index (χ3n) is 2.76. The monoisotopic (exact) mass is 252 g/mol. The zero-order valence-electron chi connectivity index (χ0n) is 9.97. The molecular weight excluding hydrogens is 236 g/mol. The third kappa shape index (κ3) is 2.29. The Kier molecular flexibility index (Phi) is 2.87. The molecule has 2 rings (SSSR count). The SMILES string of the molecule is CCn1c(CS(C)(=O)=O)cc2cccc(N)c21. The number of hydrogen-bond acceptors (Lipinski definition) is 3. The van der Waals surface area contributed by atoms with Crippen LogP contribution in [0.4, 0.5) is 5.69 Å². The normalized spacial score (nSPS) is 12.1. The number of benzene rings is 1. The van der Waals surface area contributed by atoms with E-state index in [0.29, 0.717) is 12.2 Å². The van der Waals surface area contributed by atoms with E-state index in [0.717, 1.165) is 16.6 Å². The summed E-state index contributed by atoms with van der Waals surface area (Å²) in [5.74, 6) is 0.0506. The van der Waals surface area contributed by atoms with Crippen molar-refractivity contribution in [3.8, 4) is 0 Å². The van der Waals surface area contributed by atoms with Gasteiger partial charge in [-0.1, -0.05) is 12.1 Å². The number of aromatic nitrogens is 1. The molecule has 0 aliphatic rings. The van der Waals surface area contributed by atoms with Gasteiger partial charge >= 0.3 is 0 Å². The molecule has 0 aliphatic carbocycles. The van der Waals surface area contributed by atoms with Gasteiger partial charge in [-0.05, 0) is 19.1 Å². The molecule has 2 aromatic rings. The Bertz CT molecular complexity index is 656. The van der Waals surface area contributed by atoms with Crippen molar-refractivity contribution in [1.82, 2.24) is 4.57 Å². The number of fused-ring (bicyclic) bond motifs is 1. The molecule has 0 bridgehead atoms. The van der Waals surface area contributed by atoms with E-state index in [1.54, 1.807) is 0 Å². The Morgan fingerprint density at radius 1 is 1.35 bits per heavy atom. The molecule has 0 amide bonds. The number of sulfone groups is 1. The van der Waals surface area contributed by atoms with Gasteiger partial charge < -0.3 is 10.3 Å². The summed E-state index contributed by atoms with van der Waals surface area (Å²) in [5.41, 5.74) is 8.34. The number of para-hydroxylation sites is 1. The lowest BCUT2D eigenvalue weighted by molar-refractivity contribution is 0.598. The van der Waals surface area contributed by atoms with Crippen molar-refractivity contribution in [3.05, 3.63) is 30.0 Å². The summed E-state index contributed by atoms with van der Waals surface area (Å²) in [5, 5.41) is 0.991. The minimum absolute atomic E-state index is 0.0506. The van der Waals surface area contributed by atoms with E-state index in [-0.39, 0.29) is 5.75 Å². The first-order valence-corrected chi connectivity index (χ1v) is 7.52. The van der Waals surface area contributed by atoms with Crippen LogP contribution in [0.3, 0.4) is 0 Å². The summed E-state index contributed by atoms with van der Waals surface area (Å²) in [6, 6.07) is 7.56. The van der Waals surface area contributed by atoms with Crippen LogP contribution in [-0.4, -0.2) is 19.2 Å². The minimum atomic E-state index is -3.03. The van der Waals surface area contributed by atoms with Crippen LogP contribution in [0.2, 0.25) is 0 Å². The quantitative estimate of drug-likeness (QED) is 0.847. The smallest absolute Gasteiger partial charge is 0.153 e. The van der Waals surface area contributed by atoms with E-state index < -0.39 is 9.84 Å². The van der Waals surface area contributed by atoms with Crippen molar-refractivity contribution < 1.29 is 8.42 Å². The number of nitrogen functional groups attached to an aromatic ring is 1. The molecule has 0 saturated heterocycles. The van der Waals surface area contributed by atoms with Crippen LogP contribution < -0.4 is 5.73 Å². The molecule has 0 aliphatic heterocycles. The Hall–Kier alpha value is -1.49. The van der Waals surface area contributed by atoms with Crippen molar-refractivity contribution in [2.45, 2.75) is 19.2 Å². The van der Waals surface area contributed by atoms with Gasteiger partial charge in [-0.25, -0.2) is 8.42 Å². The number of rotatable bonds is 3. The standard InChI is InChI=1S/C12H16N2O2S/c1-3-14-10(8-17(2,15)16)7-9-5-4-6-11(13)12(9)14/h4-7H,3,8,13H2,1-2H3. The summed E-state index contributed by atoms with van der Waals surface area (Å²) in [6.45, 7) is 2.69. The van der Waals surface area contributed by atoms with Gasteiger partial charge in [0.15, 0.2) is 9.84 Å². The molecule has 1 aromatic carbocycles. The zero-order valence-corrected chi connectivity index (χ0v) is 10.8. The Morgan fingerprint density at radius 2 is 2.06 bits per heavy atom. The number of nitrogens with two attached hydrogens (primary N) is 1. The van der Waals surface area contributed by atoms with Crippen LogP contribution in [0.25, 0.3) is 10.9 Å². The van der Waals surface area contributed by atoms with Gasteiger partial charge in [0.2, 0.25) is 0 Å². The number of hydrogen-bond donors (Lipinski definition) is 1. The average Bonchev–Trinajstić information content (AvgIpc) is 2.53. The zero-order chi connectivity index (χ0) is 12.6. The highest BCUT2D eigenvalue weighted by atomic mass is 32.2. The van der Waals surface area contributed by atoms with Gasteiger partial charge in [0, 0.05) is 23.9 Å². The van der Waals surface area contributed by atoms with Gasteiger partial charge in [0.1, 0.15) is 0 Å². The Morgan fingerprint density at radius 3 is 2.65 bits per heavy atom. The average molecular weight is 252 g/mol. The maximum absolute atomic E-state index is 11.4. The summed E-state index contributed by atoms with van der Waals surface area (Å²) < 4.78 is 24.7. The van der Waals surface area contributed by atoms with Crippen molar-refractivity contribution in [1.29, 1.82) is 0 Å². The first-order chi connectivity index (χ1) is 7.92. The predicted octanol–water partition coefficient (Wildman–Crippen LogP) is 1.79. The van der Waals surface area contributed by atoms with Crippen molar-refractivity contribution in [3.63, 3.8) is 0 Å². The largest absolute Gasteiger partial charge is 0.397 e. The Balaban J connectivity index is 2.69. The topological polar surface area (TPSA) is 65.1 Å². The third-order valence-corrected chi connectivity index (χ3v) is 3.58. The molecule has 0 saturated carbocycles. The lowest BCUT2D eigenvalue weighted by Gasteiger charge is -2.08. The molecule has 4 nitrogen and oxygen atoms in total. The molecule has 2 N–H and O–H groups in total. The molecule has 92 valence electrons. The van der Waals surface area contributed by atoms with E-state index in [1.165, 1.54) is 6.26 Å². The van der Waals surface area contributed by atoms with Crippen LogP contribution >= 0.6 is 0 Å². The van der Waals surface area contributed by atoms with Crippen molar-refractivity contribution in [2.24, 2.45) is 0 Å². The maximum atomic E-state index is 11.4. The second kappa shape index (κ2) is 4.07. The fourth-order valence-electron chi connectivity index (χ4n) is 2.16. The molecule has 17 heavy (non-hydrogen) atoms. The highest BCUT2D eigenvalue weighted by Gasteiger charge is 2.13. The van der Waals surface area contributed by atoms with Crippen molar-refractivity contribution >= 4 is 26.4 Å². The van der Waals surface area contributed by atoms with E-state index in [2.05, 4.69) is 0 Å². The fraction of sp³-hybridized carbons (Fsp3) is 0.333. The number of aryl methyl sites for hydroxylation is 1. The molecule has 1 heterocycles. The number of nitrogens with zero attached hydrogens (tertiary/aromatic N) is 1. The minimum Gasteiger partial charge on any atom is -0.397 e. The van der Waals surface area contributed by atoms with Gasteiger partial charge in [-0.15, -0.1) is 0 Å². The maximum Gasteiger partial charge on any atom is 0.153 e. The molecule has 0 unspecified atom stereocenters. The van der Waals surface area contributed by atoms with E-state index in [1.807, 2.05) is 35.8 Å². The molecule has 0 atom stereocenters. The van der Waals surface area contributed by atoms with Gasteiger partial charge in [0.25, 0.3) is 0 Å². The number of anilines is 1. The summed E-state index contributed by atoms with van der Waals surface area (Å²) in [6.07, 6.45) is 1.24. The Labute approximate surface area is 101 Å². The first-order valence-electron chi connectivity index (χ1n) is 5.46. The molecule has 5 heteroatoms. The molecular formula is C12H16N2O2S. The van der Waals surface area contributed by atoms with Crippen LogP contribution in [0.15, 0.2) is 24.3 Å². The van der Waals surface area contributed by atoms with Gasteiger partial charge in [-0.3, -0.25) is 0 Å². The predicted molar refractivity (Wildman–Crippen MR) is 70.6 cm³/mol. The molecule has 0 spiro atoms. The lowest BCUT2D eigenvalue weighted by atomic mass is 10.2. The lowest BCUT2D eigenvalue weighted by Crippen LogP contribution is -2.07. The van der Waals surface area contributed by atoms with Crippen LogP contribution in [0.1, 0.15) is 12.6 Å². The van der Waals surface area contributed by atoms with Crippen LogP contribution in [0, 0.1) is 0 Å². The van der Waals surface area contributed by atoms with E-state index in [4.69, 9.17) is 5.73 Å². The summed E-state index contributed by atoms with van der Waals surface area (Å²) in [4.78, 5) is 0. The highest BCUT2D eigenvalue weighted by molar-refractivity contribution is 7.89. The van der Waals surface area contributed by atoms with Gasteiger partial charge in [0.05, 0.1) is 17.0 Å². The fourth-order valence-corrected chi connectivity index (χ4v) is 2.94. The van der Waals surface area contributed by atoms with Crippen LogP contribution in [-0.2, 0) is 22.1 Å². The van der Waals surface area contributed by atoms with E-state index in [9.17, 15) is 8.42 Å². The van der Waals surface area contributed by atoms with Crippen molar-refractivity contribution in [2.75, 3.05) is 12.0 Å². The molecule has 0 fully saturated rings. The van der Waals surface area contributed by atoms with Crippen LogP contribution in [0.5, 0.6) is 0 Å². The van der Waals surface area contributed by atoms with E-state index >= 15 is 0 Å². The first kappa shape index (κ1) is 12.0. The van der Waals surface area contributed by atoms with Gasteiger partial charge in [-0.2, -0.15) is 0 Å². The second-order valence-corrected chi connectivity index (χ2v) is 6.38. The summed E-state index contributed by atoms with van der Waals surface area (Å²) in [7, 11) is -3.03. The highest BCUT2D eigenvalue weighted by Crippen LogP contribution is 2.26. The molecule has 0 radical (unpaired) electrons. The second-order valence-electron chi connectivity index (χ2n) is 4.24. The molecule has 1 aromatic heterocycles. The summed E-state index contributed by atoms with van der Waals surface area (Å²) >= 11 is 0.